The van der Waals surface area contributed by atoms with Gasteiger partial charge in [-0.2, -0.15) is 0 Å². The second kappa shape index (κ2) is 21.2. The molecule has 2 unspecified atom stereocenters. The molecule has 0 saturated carbocycles. The number of hydroxylamine groups is 1. The first-order valence-corrected chi connectivity index (χ1v) is 12.9. The first-order valence-electron chi connectivity index (χ1n) is 12.9. The van der Waals surface area contributed by atoms with E-state index < -0.39 is 17.9 Å². The Balaban J connectivity index is 4.01. The SMILES string of the molecule is CCCCCCCCCCCCCCCCC(CC(=O)NO)C(=O)NC(CC)C(=O)NC. The summed E-state index contributed by atoms with van der Waals surface area (Å²) >= 11 is 0. The summed E-state index contributed by atoms with van der Waals surface area (Å²) in [6, 6.07) is -0.608. The molecule has 32 heavy (non-hydrogen) atoms. The van der Waals surface area contributed by atoms with Crippen LogP contribution in [0, 0.1) is 5.92 Å². The normalized spacial score (nSPS) is 12.8. The predicted octanol–water partition coefficient (Wildman–Crippen LogP) is 5.01. The van der Waals surface area contributed by atoms with Gasteiger partial charge in [0, 0.05) is 19.4 Å². The molecule has 188 valence electrons. The zero-order valence-electron chi connectivity index (χ0n) is 20.8. The highest BCUT2D eigenvalue weighted by Crippen LogP contribution is 2.17. The number of amides is 3. The van der Waals surface area contributed by atoms with E-state index in [1.165, 1.54) is 77.7 Å². The van der Waals surface area contributed by atoms with E-state index in [9.17, 15) is 14.4 Å². The van der Waals surface area contributed by atoms with E-state index in [1.807, 2.05) is 6.92 Å². The predicted molar refractivity (Wildman–Crippen MR) is 129 cm³/mol. The van der Waals surface area contributed by atoms with Gasteiger partial charge >= 0.3 is 0 Å². The van der Waals surface area contributed by atoms with Crippen LogP contribution in [0.4, 0.5) is 0 Å². The molecule has 0 aliphatic carbocycles. The van der Waals surface area contributed by atoms with Gasteiger partial charge in [-0.05, 0) is 12.8 Å². The molecular weight excluding hydrogens is 406 g/mol. The van der Waals surface area contributed by atoms with Crippen molar-refractivity contribution in [3.05, 3.63) is 0 Å². The van der Waals surface area contributed by atoms with Gasteiger partial charge in [-0.1, -0.05) is 104 Å². The Morgan fingerprint density at radius 1 is 0.719 bits per heavy atom. The summed E-state index contributed by atoms with van der Waals surface area (Å²) in [5, 5.41) is 14.1. The van der Waals surface area contributed by atoms with Crippen LogP contribution in [0.2, 0.25) is 0 Å². The topological polar surface area (TPSA) is 108 Å². The Morgan fingerprint density at radius 3 is 1.59 bits per heavy atom. The molecule has 0 fully saturated rings. The maximum atomic E-state index is 12.6. The zero-order valence-corrected chi connectivity index (χ0v) is 20.8. The molecule has 0 aromatic carbocycles. The lowest BCUT2D eigenvalue weighted by molar-refractivity contribution is -0.136. The number of hydrogen-bond acceptors (Lipinski definition) is 4. The smallest absolute Gasteiger partial charge is 0.244 e. The quantitative estimate of drug-likeness (QED) is 0.111. The van der Waals surface area contributed by atoms with E-state index in [1.54, 1.807) is 5.48 Å². The van der Waals surface area contributed by atoms with Crippen molar-refractivity contribution in [1.29, 1.82) is 0 Å². The van der Waals surface area contributed by atoms with E-state index >= 15 is 0 Å². The van der Waals surface area contributed by atoms with Crippen LogP contribution in [-0.4, -0.2) is 36.0 Å². The minimum Gasteiger partial charge on any atom is -0.357 e. The highest BCUT2D eigenvalue weighted by atomic mass is 16.5. The van der Waals surface area contributed by atoms with Crippen LogP contribution < -0.4 is 16.1 Å². The minimum atomic E-state index is -0.608. The van der Waals surface area contributed by atoms with Crippen molar-refractivity contribution in [2.75, 3.05) is 7.05 Å². The summed E-state index contributed by atoms with van der Waals surface area (Å²) in [7, 11) is 1.53. The number of likely N-dealkylation sites (N-methyl/N-ethyl adjacent to an activating group) is 1. The second-order valence-corrected chi connectivity index (χ2v) is 8.90. The van der Waals surface area contributed by atoms with E-state index in [0.29, 0.717) is 12.8 Å². The Kier molecular flexibility index (Phi) is 20.1. The molecule has 0 aromatic rings. The zero-order chi connectivity index (χ0) is 24.0. The van der Waals surface area contributed by atoms with Crippen molar-refractivity contribution in [2.24, 2.45) is 5.92 Å². The summed E-state index contributed by atoms with van der Waals surface area (Å²) in [6.07, 6.45) is 18.6. The first kappa shape index (κ1) is 30.4. The standard InChI is InChI=1S/C25H49N3O4/c1-4-6-7-8-9-10-11-12-13-14-15-16-17-18-19-21(20-23(29)28-32)24(30)27-22(5-2)25(31)26-3/h21-22,32H,4-20H2,1-3H3,(H,26,31)(H,27,30)(H,28,29). The fourth-order valence-corrected chi connectivity index (χ4v) is 4.00. The van der Waals surface area contributed by atoms with E-state index in [-0.39, 0.29) is 18.2 Å². The molecule has 0 aliphatic heterocycles. The molecule has 4 N–H and O–H groups in total. The molecular formula is C25H49N3O4. The number of nitrogens with one attached hydrogen (secondary N) is 3. The van der Waals surface area contributed by atoms with Crippen LogP contribution in [0.15, 0.2) is 0 Å². The largest absolute Gasteiger partial charge is 0.357 e. The molecule has 0 bridgehead atoms. The third-order valence-corrected chi connectivity index (χ3v) is 6.12. The van der Waals surface area contributed by atoms with Crippen molar-refractivity contribution in [3.63, 3.8) is 0 Å². The van der Waals surface area contributed by atoms with Gasteiger partial charge < -0.3 is 10.6 Å². The van der Waals surface area contributed by atoms with Crippen molar-refractivity contribution < 1.29 is 19.6 Å². The third kappa shape index (κ3) is 16.1. The number of unbranched alkanes of at least 4 members (excludes halogenated alkanes) is 13. The van der Waals surface area contributed by atoms with Crippen LogP contribution in [0.1, 0.15) is 123 Å². The molecule has 0 spiro atoms. The van der Waals surface area contributed by atoms with Gasteiger partial charge in [-0.15, -0.1) is 0 Å². The van der Waals surface area contributed by atoms with E-state index in [4.69, 9.17) is 5.21 Å². The molecule has 7 heteroatoms. The lowest BCUT2D eigenvalue weighted by atomic mass is 9.95. The summed E-state index contributed by atoms with van der Waals surface area (Å²) in [5.74, 6) is -1.68. The molecule has 0 radical (unpaired) electrons. The van der Waals surface area contributed by atoms with Crippen LogP contribution >= 0.6 is 0 Å². The van der Waals surface area contributed by atoms with Crippen LogP contribution in [0.25, 0.3) is 0 Å². The number of carbonyl (C=O) groups excluding carboxylic acids is 3. The molecule has 0 rings (SSSR count). The molecule has 7 nitrogen and oxygen atoms in total. The van der Waals surface area contributed by atoms with Gasteiger partial charge in [0.05, 0.1) is 0 Å². The minimum absolute atomic E-state index is 0.0784. The molecule has 3 amide bonds. The van der Waals surface area contributed by atoms with E-state index in [2.05, 4.69) is 17.6 Å². The van der Waals surface area contributed by atoms with Gasteiger partial charge in [0.1, 0.15) is 6.04 Å². The Hall–Kier alpha value is -1.63. The van der Waals surface area contributed by atoms with Gasteiger partial charge in [-0.25, -0.2) is 5.48 Å². The second-order valence-electron chi connectivity index (χ2n) is 8.90. The Bertz CT molecular complexity index is 500. The summed E-state index contributed by atoms with van der Waals surface area (Å²) in [4.78, 5) is 36.0. The fraction of sp³-hybridized carbons (Fsp3) is 0.880. The molecule has 0 heterocycles. The average Bonchev–Trinajstić information content (AvgIpc) is 2.80. The van der Waals surface area contributed by atoms with Crippen molar-refractivity contribution in [1.82, 2.24) is 16.1 Å². The Labute approximate surface area is 195 Å². The molecule has 0 aliphatic rings. The fourth-order valence-electron chi connectivity index (χ4n) is 4.00. The van der Waals surface area contributed by atoms with Gasteiger partial charge in [0.2, 0.25) is 17.7 Å². The maximum absolute atomic E-state index is 12.6. The number of rotatable bonds is 21. The van der Waals surface area contributed by atoms with Crippen LogP contribution in [0.5, 0.6) is 0 Å². The first-order chi connectivity index (χ1) is 15.5. The lowest BCUT2D eigenvalue weighted by Gasteiger charge is -2.20. The number of carbonyl (C=O) groups is 3. The van der Waals surface area contributed by atoms with Crippen LogP contribution in [-0.2, 0) is 14.4 Å². The third-order valence-electron chi connectivity index (χ3n) is 6.12. The van der Waals surface area contributed by atoms with Gasteiger partial charge in [-0.3, -0.25) is 19.6 Å². The highest BCUT2D eigenvalue weighted by Gasteiger charge is 2.25. The molecule has 0 aromatic heterocycles. The van der Waals surface area contributed by atoms with Gasteiger partial charge in [0.15, 0.2) is 0 Å². The van der Waals surface area contributed by atoms with Gasteiger partial charge in [0.25, 0.3) is 0 Å². The Morgan fingerprint density at radius 2 is 1.19 bits per heavy atom. The van der Waals surface area contributed by atoms with Crippen LogP contribution in [0.3, 0.4) is 0 Å². The summed E-state index contributed by atoms with van der Waals surface area (Å²) in [5.41, 5.74) is 1.61. The number of hydrogen-bond donors (Lipinski definition) is 4. The maximum Gasteiger partial charge on any atom is 0.244 e. The van der Waals surface area contributed by atoms with Crippen molar-refractivity contribution in [3.8, 4) is 0 Å². The van der Waals surface area contributed by atoms with E-state index in [0.717, 1.165) is 19.3 Å². The van der Waals surface area contributed by atoms with Crippen molar-refractivity contribution in [2.45, 2.75) is 129 Å². The molecule has 0 saturated heterocycles. The summed E-state index contributed by atoms with van der Waals surface area (Å²) < 4.78 is 0. The highest BCUT2D eigenvalue weighted by molar-refractivity contribution is 5.90. The summed E-state index contributed by atoms with van der Waals surface area (Å²) in [6.45, 7) is 4.07. The average molecular weight is 456 g/mol. The molecule has 2 atom stereocenters. The lowest BCUT2D eigenvalue weighted by Crippen LogP contribution is -2.47. The van der Waals surface area contributed by atoms with Crippen molar-refractivity contribution >= 4 is 17.7 Å². The monoisotopic (exact) mass is 455 g/mol.